The highest BCUT2D eigenvalue weighted by Gasteiger charge is 2.54. The average molecular weight is 376 g/mol. The van der Waals surface area contributed by atoms with Crippen LogP contribution in [0.3, 0.4) is 0 Å². The van der Waals surface area contributed by atoms with Crippen molar-refractivity contribution in [1.29, 1.82) is 0 Å². The molecule has 2 aliphatic carbocycles. The minimum absolute atomic E-state index is 0.0278. The molecule has 28 heavy (non-hydrogen) atoms. The number of anilines is 1. The molecule has 1 heterocycles. The topological polar surface area (TPSA) is 78.5 Å². The zero-order chi connectivity index (χ0) is 19.4. The monoisotopic (exact) mass is 376 g/mol. The van der Waals surface area contributed by atoms with Crippen LogP contribution >= 0.6 is 0 Å². The number of nitrogens with one attached hydrogen (secondary N) is 1. The summed E-state index contributed by atoms with van der Waals surface area (Å²) in [5.41, 5.74) is 3.66. The van der Waals surface area contributed by atoms with E-state index < -0.39 is 5.97 Å². The number of hydrogen-bond donors (Lipinski definition) is 1. The second kappa shape index (κ2) is 6.36. The highest BCUT2D eigenvalue weighted by molar-refractivity contribution is 5.94. The number of esters is 1. The first-order chi connectivity index (χ1) is 13.6. The van der Waals surface area contributed by atoms with Gasteiger partial charge in [-0.2, -0.15) is 0 Å². The Balaban J connectivity index is 1.59. The van der Waals surface area contributed by atoms with Crippen LogP contribution in [0.15, 0.2) is 42.5 Å². The van der Waals surface area contributed by atoms with Gasteiger partial charge in [0.2, 0.25) is 0 Å². The zero-order valence-electron chi connectivity index (χ0n) is 15.7. The lowest BCUT2D eigenvalue weighted by atomic mass is 9.67. The van der Waals surface area contributed by atoms with Gasteiger partial charge in [-0.05, 0) is 66.2 Å². The van der Waals surface area contributed by atoms with E-state index in [4.69, 9.17) is 4.74 Å². The molecule has 2 fully saturated rings. The van der Waals surface area contributed by atoms with Gasteiger partial charge in [0.1, 0.15) is 0 Å². The second-order valence-corrected chi connectivity index (χ2v) is 8.23. The number of rotatable bonds is 3. The van der Waals surface area contributed by atoms with Crippen LogP contribution in [0, 0.1) is 17.8 Å². The maximum Gasteiger partial charge on any atom is 0.337 e. The lowest BCUT2D eigenvalue weighted by Crippen LogP contribution is -2.37. The summed E-state index contributed by atoms with van der Waals surface area (Å²) < 4.78 is 4.79. The first kappa shape index (κ1) is 17.3. The summed E-state index contributed by atoms with van der Waals surface area (Å²) in [6, 6.07) is 13.0. The minimum atomic E-state index is -1.15. The maximum absolute atomic E-state index is 11.8. The molecule has 0 amide bonds. The Hall–Kier alpha value is -2.82. The van der Waals surface area contributed by atoms with Crippen molar-refractivity contribution < 1.29 is 19.4 Å². The smallest absolute Gasteiger partial charge is 0.337 e. The van der Waals surface area contributed by atoms with E-state index in [2.05, 4.69) is 11.4 Å². The highest BCUT2D eigenvalue weighted by Crippen LogP contribution is 2.63. The van der Waals surface area contributed by atoms with E-state index in [0.717, 1.165) is 11.1 Å². The van der Waals surface area contributed by atoms with Crippen molar-refractivity contribution in [3.63, 3.8) is 0 Å². The van der Waals surface area contributed by atoms with Crippen molar-refractivity contribution in [1.82, 2.24) is 0 Å². The molecule has 5 nitrogen and oxygen atoms in total. The Morgan fingerprint density at radius 2 is 1.82 bits per heavy atom. The molecule has 5 atom stereocenters. The van der Waals surface area contributed by atoms with Crippen LogP contribution in [-0.2, 0) is 4.74 Å². The fraction of sp³-hybridized carbons (Fsp3) is 0.391. The molecular formula is C23H22NO4-. The fourth-order valence-corrected chi connectivity index (χ4v) is 5.96. The van der Waals surface area contributed by atoms with E-state index in [9.17, 15) is 14.7 Å². The zero-order valence-corrected chi connectivity index (χ0v) is 15.7. The number of carboxylic acid groups (broad SMARTS) is 1. The fourth-order valence-electron chi connectivity index (χ4n) is 5.96. The van der Waals surface area contributed by atoms with Crippen LogP contribution in [-0.4, -0.2) is 19.0 Å². The Morgan fingerprint density at radius 3 is 2.54 bits per heavy atom. The summed E-state index contributed by atoms with van der Waals surface area (Å²) in [5.74, 6) is 0.570. The van der Waals surface area contributed by atoms with Crippen molar-refractivity contribution in [2.45, 2.75) is 31.2 Å². The Labute approximate surface area is 163 Å². The second-order valence-electron chi connectivity index (χ2n) is 8.23. The van der Waals surface area contributed by atoms with Gasteiger partial charge in [0.15, 0.2) is 0 Å². The van der Waals surface area contributed by atoms with E-state index >= 15 is 0 Å². The number of carboxylic acids is 1. The number of methoxy groups -OCH3 is 1. The Kier molecular flexibility index (Phi) is 3.93. The summed E-state index contributed by atoms with van der Waals surface area (Å²) in [6.07, 6.45) is 3.66. The van der Waals surface area contributed by atoms with Crippen molar-refractivity contribution in [3.05, 3.63) is 64.7 Å². The number of carbonyl (C=O) groups is 2. The SMILES string of the molecule is COC(=O)c1ccc([C@@H]2Nc3c(C(=O)[O-])cccc3[C@H]3[C@H]4CC[C@@H](C4)[C@H]32)cc1. The third-order valence-electron chi connectivity index (χ3n) is 7.03. The number of carbonyl (C=O) groups excluding carboxylic acids is 2. The molecule has 1 N–H and O–H groups in total. The van der Waals surface area contributed by atoms with Crippen LogP contribution < -0.4 is 10.4 Å². The van der Waals surface area contributed by atoms with Gasteiger partial charge in [-0.25, -0.2) is 4.79 Å². The molecular weight excluding hydrogens is 354 g/mol. The first-order valence-electron chi connectivity index (χ1n) is 9.87. The number of fused-ring (bicyclic) bond motifs is 7. The number of para-hydroxylation sites is 1. The molecule has 144 valence electrons. The van der Waals surface area contributed by atoms with Crippen molar-refractivity contribution >= 4 is 17.6 Å². The normalized spacial score (nSPS) is 29.5. The summed E-state index contributed by atoms with van der Waals surface area (Å²) in [6.45, 7) is 0. The third kappa shape index (κ3) is 2.45. The molecule has 0 saturated heterocycles. The van der Waals surface area contributed by atoms with Crippen molar-refractivity contribution in [2.75, 3.05) is 12.4 Å². The van der Waals surface area contributed by atoms with Gasteiger partial charge in [0.05, 0.1) is 24.7 Å². The van der Waals surface area contributed by atoms with E-state index in [0.29, 0.717) is 34.9 Å². The quantitative estimate of drug-likeness (QED) is 0.833. The van der Waals surface area contributed by atoms with Gasteiger partial charge in [-0.15, -0.1) is 0 Å². The molecule has 1 aliphatic heterocycles. The van der Waals surface area contributed by atoms with Crippen LogP contribution in [0.4, 0.5) is 5.69 Å². The van der Waals surface area contributed by atoms with E-state index in [1.165, 1.54) is 26.4 Å². The lowest BCUT2D eigenvalue weighted by molar-refractivity contribution is -0.254. The van der Waals surface area contributed by atoms with Gasteiger partial charge in [0, 0.05) is 11.3 Å². The van der Waals surface area contributed by atoms with E-state index in [-0.39, 0.29) is 17.6 Å². The van der Waals surface area contributed by atoms with Crippen molar-refractivity contribution in [2.24, 2.45) is 17.8 Å². The van der Waals surface area contributed by atoms with Crippen LogP contribution in [0.5, 0.6) is 0 Å². The molecule has 5 rings (SSSR count). The predicted octanol–water partition coefficient (Wildman–Crippen LogP) is 3.13. The number of benzene rings is 2. The summed E-state index contributed by atoms with van der Waals surface area (Å²) in [7, 11) is 1.37. The number of ether oxygens (including phenoxy) is 1. The largest absolute Gasteiger partial charge is 0.545 e. The maximum atomic E-state index is 11.8. The van der Waals surface area contributed by atoms with Gasteiger partial charge in [0.25, 0.3) is 0 Å². The summed E-state index contributed by atoms with van der Waals surface area (Å²) in [4.78, 5) is 23.5. The molecule has 2 bridgehead atoms. The average Bonchev–Trinajstić information content (AvgIpc) is 3.35. The summed E-state index contributed by atoms with van der Waals surface area (Å²) in [5, 5.41) is 15.3. The molecule has 0 radical (unpaired) electrons. The molecule has 0 unspecified atom stereocenters. The van der Waals surface area contributed by atoms with Gasteiger partial charge < -0.3 is 20.0 Å². The summed E-state index contributed by atoms with van der Waals surface area (Å²) >= 11 is 0. The van der Waals surface area contributed by atoms with Gasteiger partial charge in [-0.3, -0.25) is 0 Å². The van der Waals surface area contributed by atoms with Gasteiger partial charge >= 0.3 is 5.97 Å². The Bertz CT molecular complexity index is 952. The molecule has 3 aliphatic rings. The van der Waals surface area contributed by atoms with Crippen LogP contribution in [0.25, 0.3) is 0 Å². The molecule has 2 aromatic carbocycles. The molecule has 0 spiro atoms. The first-order valence-corrected chi connectivity index (χ1v) is 9.87. The number of hydrogen-bond acceptors (Lipinski definition) is 5. The molecule has 2 saturated carbocycles. The third-order valence-corrected chi connectivity index (χ3v) is 7.03. The van der Waals surface area contributed by atoms with Crippen molar-refractivity contribution in [3.8, 4) is 0 Å². The predicted molar refractivity (Wildman–Crippen MR) is 102 cm³/mol. The standard InChI is InChI=1S/C23H23NO4/c1-28-23(27)13-7-5-12(6-8-13)20-19-15-10-9-14(11-15)18(19)16-3-2-4-17(22(25)26)21(16)24-20/h2-8,14-15,18-20,24H,9-11H2,1H3,(H,25,26)/p-1/t14-,15-,18+,19+,20-/m0/s1. The number of aromatic carboxylic acids is 1. The van der Waals surface area contributed by atoms with E-state index in [1.54, 1.807) is 18.2 Å². The minimum Gasteiger partial charge on any atom is -0.545 e. The Morgan fingerprint density at radius 1 is 1.07 bits per heavy atom. The van der Waals surface area contributed by atoms with Crippen LogP contribution in [0.1, 0.15) is 63.1 Å². The molecule has 5 heteroatoms. The lowest BCUT2D eigenvalue weighted by Gasteiger charge is -2.44. The molecule has 0 aromatic heterocycles. The molecule has 2 aromatic rings. The highest BCUT2D eigenvalue weighted by atomic mass is 16.5. The van der Waals surface area contributed by atoms with Gasteiger partial charge in [-0.1, -0.05) is 30.3 Å². The van der Waals surface area contributed by atoms with E-state index in [1.807, 2.05) is 18.2 Å². The van der Waals surface area contributed by atoms with Crippen LogP contribution in [0.2, 0.25) is 0 Å².